The van der Waals surface area contributed by atoms with Crippen molar-refractivity contribution in [2.24, 2.45) is 0 Å². The van der Waals surface area contributed by atoms with Crippen LogP contribution in [0.5, 0.6) is 0 Å². The molecule has 0 radical (unpaired) electrons. The van der Waals surface area contributed by atoms with Crippen LogP contribution in [0.2, 0.25) is 0 Å². The molecular formula is C22H23N5O2. The number of amides is 2. The van der Waals surface area contributed by atoms with Crippen molar-refractivity contribution in [3.8, 4) is 11.4 Å². The van der Waals surface area contributed by atoms with Gasteiger partial charge in [0.05, 0.1) is 0 Å². The number of rotatable bonds is 7. The number of hydrogen-bond acceptors (Lipinski definition) is 5. The molecule has 0 bridgehead atoms. The second-order valence-corrected chi connectivity index (χ2v) is 6.47. The highest BCUT2D eigenvalue weighted by Gasteiger charge is 2.13. The Kier molecular flexibility index (Phi) is 6.52. The fourth-order valence-electron chi connectivity index (χ4n) is 2.70. The van der Waals surface area contributed by atoms with Crippen LogP contribution in [0.3, 0.4) is 0 Å². The minimum absolute atomic E-state index is 0.148. The summed E-state index contributed by atoms with van der Waals surface area (Å²) in [5.41, 5.74) is 2.50. The third-order valence-corrected chi connectivity index (χ3v) is 3.98. The van der Waals surface area contributed by atoms with Crippen molar-refractivity contribution in [2.75, 3.05) is 17.2 Å². The minimum atomic E-state index is -0.249. The van der Waals surface area contributed by atoms with Gasteiger partial charge in [0.1, 0.15) is 11.5 Å². The summed E-state index contributed by atoms with van der Waals surface area (Å²) in [5, 5.41) is 8.79. The van der Waals surface area contributed by atoms with Crippen molar-refractivity contribution in [2.45, 2.75) is 20.3 Å². The summed E-state index contributed by atoms with van der Waals surface area (Å²) in [6.07, 6.45) is 0.837. The number of anilines is 3. The fourth-order valence-corrected chi connectivity index (χ4v) is 2.70. The molecule has 0 unspecified atom stereocenters. The topological polar surface area (TPSA) is 96.0 Å². The molecule has 2 amide bonds. The van der Waals surface area contributed by atoms with E-state index in [1.54, 1.807) is 18.2 Å². The third-order valence-electron chi connectivity index (χ3n) is 3.98. The summed E-state index contributed by atoms with van der Waals surface area (Å²) in [4.78, 5) is 32.8. The first-order chi connectivity index (χ1) is 14.0. The largest absolute Gasteiger partial charge is 0.351 e. The summed E-state index contributed by atoms with van der Waals surface area (Å²) >= 11 is 0. The molecule has 148 valence electrons. The first kappa shape index (κ1) is 20.0. The van der Waals surface area contributed by atoms with Crippen LogP contribution in [0.1, 0.15) is 30.8 Å². The van der Waals surface area contributed by atoms with Crippen LogP contribution in [-0.2, 0) is 4.79 Å². The second-order valence-electron chi connectivity index (χ2n) is 6.47. The van der Waals surface area contributed by atoms with E-state index in [0.717, 1.165) is 17.7 Å². The number of carbonyl (C=O) groups excluding carboxylic acids is 2. The number of benzene rings is 2. The SMILES string of the molecule is CCCNC(=O)c1cc(Nc2cccc(NC(C)=O)c2)nc(-c2ccccc2)n1. The van der Waals surface area contributed by atoms with Crippen molar-refractivity contribution in [3.05, 3.63) is 66.4 Å². The molecule has 3 N–H and O–H groups in total. The molecule has 1 aromatic heterocycles. The van der Waals surface area contributed by atoms with Gasteiger partial charge in [-0.05, 0) is 24.6 Å². The average molecular weight is 389 g/mol. The van der Waals surface area contributed by atoms with E-state index < -0.39 is 0 Å². The third kappa shape index (κ3) is 5.62. The van der Waals surface area contributed by atoms with Gasteiger partial charge in [-0.15, -0.1) is 0 Å². The van der Waals surface area contributed by atoms with Crippen LogP contribution in [0.25, 0.3) is 11.4 Å². The Morgan fingerprint density at radius 1 is 0.931 bits per heavy atom. The Labute approximate surface area is 169 Å². The van der Waals surface area contributed by atoms with Gasteiger partial charge in [0.2, 0.25) is 5.91 Å². The summed E-state index contributed by atoms with van der Waals surface area (Å²) in [7, 11) is 0. The number of hydrogen-bond donors (Lipinski definition) is 3. The van der Waals surface area contributed by atoms with E-state index in [2.05, 4.69) is 25.9 Å². The highest BCUT2D eigenvalue weighted by Crippen LogP contribution is 2.22. The van der Waals surface area contributed by atoms with Crippen molar-refractivity contribution in [3.63, 3.8) is 0 Å². The van der Waals surface area contributed by atoms with E-state index in [1.807, 2.05) is 49.4 Å². The second kappa shape index (κ2) is 9.45. The molecule has 7 nitrogen and oxygen atoms in total. The molecular weight excluding hydrogens is 366 g/mol. The molecule has 3 aromatic rings. The van der Waals surface area contributed by atoms with Crippen LogP contribution in [0.4, 0.5) is 17.2 Å². The first-order valence-corrected chi connectivity index (χ1v) is 9.42. The molecule has 0 aliphatic carbocycles. The monoisotopic (exact) mass is 389 g/mol. The Hall–Kier alpha value is -3.74. The van der Waals surface area contributed by atoms with Gasteiger partial charge in [-0.25, -0.2) is 9.97 Å². The Morgan fingerprint density at radius 3 is 2.41 bits per heavy atom. The number of aromatic nitrogens is 2. The quantitative estimate of drug-likeness (QED) is 0.568. The maximum atomic E-state index is 12.5. The standard InChI is InChI=1S/C22H23N5O2/c1-3-12-23-22(29)19-14-20(27-21(26-19)16-8-5-4-6-9-16)25-18-11-7-10-17(13-18)24-15(2)28/h4-11,13-14H,3,12H2,1-2H3,(H,23,29)(H,24,28)(H,25,26,27). The summed E-state index contributed by atoms with van der Waals surface area (Å²) in [5.74, 6) is 0.544. The Bertz CT molecular complexity index is 1010. The Balaban J connectivity index is 1.95. The zero-order chi connectivity index (χ0) is 20.6. The lowest BCUT2D eigenvalue weighted by molar-refractivity contribution is -0.114. The van der Waals surface area contributed by atoms with Crippen LogP contribution in [0.15, 0.2) is 60.7 Å². The molecule has 0 aliphatic heterocycles. The van der Waals surface area contributed by atoms with Crippen LogP contribution in [-0.4, -0.2) is 28.3 Å². The molecule has 0 spiro atoms. The molecule has 3 rings (SSSR count). The van der Waals surface area contributed by atoms with Gasteiger partial charge in [0, 0.05) is 36.5 Å². The van der Waals surface area contributed by atoms with Gasteiger partial charge in [-0.2, -0.15) is 0 Å². The summed E-state index contributed by atoms with van der Waals surface area (Å²) < 4.78 is 0. The normalized spacial score (nSPS) is 10.3. The summed E-state index contributed by atoms with van der Waals surface area (Å²) in [6, 6.07) is 18.4. The average Bonchev–Trinajstić information content (AvgIpc) is 2.72. The summed E-state index contributed by atoms with van der Waals surface area (Å²) in [6.45, 7) is 4.02. The zero-order valence-electron chi connectivity index (χ0n) is 16.4. The van der Waals surface area contributed by atoms with Crippen LogP contribution in [0, 0.1) is 0 Å². The molecule has 0 saturated heterocycles. The van der Waals surface area contributed by atoms with Gasteiger partial charge in [-0.3, -0.25) is 9.59 Å². The molecule has 0 aliphatic rings. The lowest BCUT2D eigenvalue weighted by Crippen LogP contribution is -2.25. The smallest absolute Gasteiger partial charge is 0.270 e. The van der Waals surface area contributed by atoms with E-state index >= 15 is 0 Å². The highest BCUT2D eigenvalue weighted by atomic mass is 16.2. The van der Waals surface area contributed by atoms with Gasteiger partial charge in [0.25, 0.3) is 5.91 Å². The molecule has 0 saturated carbocycles. The van der Waals surface area contributed by atoms with Gasteiger partial charge < -0.3 is 16.0 Å². The lowest BCUT2D eigenvalue weighted by Gasteiger charge is -2.11. The fraction of sp³-hybridized carbons (Fsp3) is 0.182. The van der Waals surface area contributed by atoms with Crippen molar-refractivity contribution in [1.29, 1.82) is 0 Å². The zero-order valence-corrected chi connectivity index (χ0v) is 16.4. The predicted molar refractivity (Wildman–Crippen MR) is 114 cm³/mol. The minimum Gasteiger partial charge on any atom is -0.351 e. The maximum absolute atomic E-state index is 12.5. The molecule has 1 heterocycles. The highest BCUT2D eigenvalue weighted by molar-refractivity contribution is 5.93. The molecule has 0 atom stereocenters. The molecule has 0 fully saturated rings. The van der Waals surface area contributed by atoms with Gasteiger partial charge >= 0.3 is 0 Å². The van der Waals surface area contributed by atoms with E-state index in [-0.39, 0.29) is 17.5 Å². The van der Waals surface area contributed by atoms with E-state index in [4.69, 9.17) is 0 Å². The molecule has 29 heavy (non-hydrogen) atoms. The predicted octanol–water partition coefficient (Wildman–Crippen LogP) is 3.99. The van der Waals surface area contributed by atoms with Crippen LogP contribution >= 0.6 is 0 Å². The molecule has 2 aromatic carbocycles. The van der Waals surface area contributed by atoms with E-state index in [9.17, 15) is 9.59 Å². The number of nitrogens with one attached hydrogen (secondary N) is 3. The molecule has 7 heteroatoms. The van der Waals surface area contributed by atoms with Crippen molar-refractivity contribution >= 4 is 29.0 Å². The maximum Gasteiger partial charge on any atom is 0.270 e. The lowest BCUT2D eigenvalue weighted by atomic mass is 10.2. The van der Waals surface area contributed by atoms with E-state index in [0.29, 0.717) is 23.9 Å². The number of carbonyl (C=O) groups is 2. The van der Waals surface area contributed by atoms with Crippen molar-refractivity contribution < 1.29 is 9.59 Å². The van der Waals surface area contributed by atoms with Crippen molar-refractivity contribution in [1.82, 2.24) is 15.3 Å². The van der Waals surface area contributed by atoms with E-state index in [1.165, 1.54) is 6.92 Å². The van der Waals surface area contributed by atoms with Gasteiger partial charge in [0.15, 0.2) is 5.82 Å². The van der Waals surface area contributed by atoms with Gasteiger partial charge in [-0.1, -0.05) is 43.3 Å². The first-order valence-electron chi connectivity index (χ1n) is 9.42. The van der Waals surface area contributed by atoms with Crippen LogP contribution < -0.4 is 16.0 Å². The number of nitrogens with zero attached hydrogens (tertiary/aromatic N) is 2. The Morgan fingerprint density at radius 2 is 1.69 bits per heavy atom.